The standard InChI is InChI=1S/C18H17F2NO5/c1-10-7-8-12(14(22)9-10)17(24)25-11(2)16(23)21-13-5-3-4-6-15(13)26-18(19)20/h3-9,11,18,22H,1-2H3,(H,21,23)/t11-/m0/s1. The number of esters is 1. The molecule has 6 nitrogen and oxygen atoms in total. The van der Waals surface area contributed by atoms with Gasteiger partial charge in [-0.25, -0.2) is 4.79 Å². The molecule has 8 heteroatoms. The van der Waals surface area contributed by atoms with Crippen molar-refractivity contribution in [1.82, 2.24) is 0 Å². The quantitative estimate of drug-likeness (QED) is 0.766. The predicted molar refractivity (Wildman–Crippen MR) is 89.4 cm³/mol. The maximum Gasteiger partial charge on any atom is 0.387 e. The van der Waals surface area contributed by atoms with E-state index in [0.717, 1.165) is 5.56 Å². The molecule has 138 valence electrons. The number of phenols is 1. The van der Waals surface area contributed by atoms with Crippen molar-refractivity contribution in [3.05, 3.63) is 53.6 Å². The summed E-state index contributed by atoms with van der Waals surface area (Å²) in [5.74, 6) is -2.11. The number of rotatable bonds is 6. The molecule has 1 amide bonds. The largest absolute Gasteiger partial charge is 0.507 e. The first-order chi connectivity index (χ1) is 12.3. The number of anilines is 1. The highest BCUT2D eigenvalue weighted by Gasteiger charge is 2.22. The Morgan fingerprint density at radius 2 is 1.85 bits per heavy atom. The van der Waals surface area contributed by atoms with Crippen LogP contribution in [0.5, 0.6) is 11.5 Å². The second-order valence-electron chi connectivity index (χ2n) is 5.43. The fraction of sp³-hybridized carbons (Fsp3) is 0.222. The number of carbonyl (C=O) groups excluding carboxylic acids is 2. The highest BCUT2D eigenvalue weighted by atomic mass is 19.3. The number of carbonyl (C=O) groups is 2. The number of halogens is 2. The number of para-hydroxylation sites is 2. The van der Waals surface area contributed by atoms with Crippen molar-refractivity contribution in [3.8, 4) is 11.5 Å². The van der Waals surface area contributed by atoms with Gasteiger partial charge in [-0.3, -0.25) is 4.79 Å². The van der Waals surface area contributed by atoms with Gasteiger partial charge in [0, 0.05) is 0 Å². The second-order valence-corrected chi connectivity index (χ2v) is 5.43. The number of hydrogen-bond donors (Lipinski definition) is 2. The van der Waals surface area contributed by atoms with Crippen LogP contribution in [0.1, 0.15) is 22.8 Å². The van der Waals surface area contributed by atoms with Crippen molar-refractivity contribution in [2.24, 2.45) is 0 Å². The molecule has 0 aliphatic rings. The SMILES string of the molecule is Cc1ccc(C(=O)O[C@@H](C)C(=O)Nc2ccccc2OC(F)F)c(O)c1. The Hall–Kier alpha value is -3.16. The number of aryl methyl sites for hydroxylation is 1. The Bertz CT molecular complexity index is 810. The van der Waals surface area contributed by atoms with Crippen molar-refractivity contribution in [2.45, 2.75) is 26.6 Å². The van der Waals surface area contributed by atoms with E-state index in [1.807, 2.05) is 0 Å². The molecule has 26 heavy (non-hydrogen) atoms. The Morgan fingerprint density at radius 1 is 1.15 bits per heavy atom. The molecule has 0 aromatic heterocycles. The Balaban J connectivity index is 2.05. The number of phenolic OH excluding ortho intramolecular Hbond substituents is 1. The summed E-state index contributed by atoms with van der Waals surface area (Å²) < 4.78 is 34.1. The zero-order valence-electron chi connectivity index (χ0n) is 14.0. The van der Waals surface area contributed by atoms with Gasteiger partial charge in [0.1, 0.15) is 17.1 Å². The molecule has 2 aromatic carbocycles. The van der Waals surface area contributed by atoms with Gasteiger partial charge in [0.25, 0.3) is 5.91 Å². The normalized spacial score (nSPS) is 11.7. The third kappa shape index (κ3) is 4.92. The lowest BCUT2D eigenvalue weighted by atomic mass is 10.1. The minimum Gasteiger partial charge on any atom is -0.507 e. The van der Waals surface area contributed by atoms with Gasteiger partial charge in [0.05, 0.1) is 5.69 Å². The summed E-state index contributed by atoms with van der Waals surface area (Å²) in [4.78, 5) is 24.2. The van der Waals surface area contributed by atoms with Crippen LogP contribution >= 0.6 is 0 Å². The number of amides is 1. The fourth-order valence-corrected chi connectivity index (χ4v) is 2.09. The van der Waals surface area contributed by atoms with Crippen LogP contribution in [0.4, 0.5) is 14.5 Å². The van der Waals surface area contributed by atoms with Crippen LogP contribution in [0, 0.1) is 6.92 Å². The molecule has 0 unspecified atom stereocenters. The fourth-order valence-electron chi connectivity index (χ4n) is 2.09. The van der Waals surface area contributed by atoms with Gasteiger partial charge in [-0.1, -0.05) is 18.2 Å². The summed E-state index contributed by atoms with van der Waals surface area (Å²) in [5.41, 5.74) is 0.677. The molecule has 2 aromatic rings. The third-order valence-electron chi connectivity index (χ3n) is 3.39. The molecule has 0 aliphatic carbocycles. The van der Waals surface area contributed by atoms with Gasteiger partial charge in [0.15, 0.2) is 6.10 Å². The molecule has 0 heterocycles. The Kier molecular flexibility index (Phi) is 6.11. The molecule has 0 spiro atoms. The van der Waals surface area contributed by atoms with Gasteiger partial charge < -0.3 is 19.9 Å². The monoisotopic (exact) mass is 365 g/mol. The number of nitrogens with one attached hydrogen (secondary N) is 1. The molecule has 2 N–H and O–H groups in total. The maximum atomic E-state index is 12.4. The zero-order chi connectivity index (χ0) is 19.3. The molecule has 0 bridgehead atoms. The minimum atomic E-state index is -3.05. The average molecular weight is 365 g/mol. The van der Waals surface area contributed by atoms with Gasteiger partial charge in [0.2, 0.25) is 0 Å². The van der Waals surface area contributed by atoms with Crippen LogP contribution in [0.3, 0.4) is 0 Å². The molecule has 0 fully saturated rings. The lowest BCUT2D eigenvalue weighted by Crippen LogP contribution is -2.30. The molecule has 2 rings (SSSR count). The molecular weight excluding hydrogens is 348 g/mol. The number of hydrogen-bond acceptors (Lipinski definition) is 5. The van der Waals surface area contributed by atoms with Crippen molar-refractivity contribution in [3.63, 3.8) is 0 Å². The van der Waals surface area contributed by atoms with E-state index in [0.29, 0.717) is 0 Å². The van der Waals surface area contributed by atoms with Crippen LogP contribution in [0.2, 0.25) is 0 Å². The zero-order valence-corrected chi connectivity index (χ0v) is 14.0. The van der Waals surface area contributed by atoms with Crippen molar-refractivity contribution in [1.29, 1.82) is 0 Å². The molecule has 0 radical (unpaired) electrons. The van der Waals surface area contributed by atoms with Gasteiger partial charge in [-0.05, 0) is 43.7 Å². The number of alkyl halides is 2. The van der Waals surface area contributed by atoms with E-state index in [9.17, 15) is 23.5 Å². The van der Waals surface area contributed by atoms with Gasteiger partial charge in [-0.15, -0.1) is 0 Å². The summed E-state index contributed by atoms with van der Waals surface area (Å²) in [6.07, 6.45) is -1.23. The van der Waals surface area contributed by atoms with E-state index in [-0.39, 0.29) is 22.7 Å². The molecule has 0 saturated heterocycles. The first kappa shape index (κ1) is 19.2. The van der Waals surface area contributed by atoms with Crippen molar-refractivity contribution in [2.75, 3.05) is 5.32 Å². The number of ether oxygens (including phenoxy) is 2. The molecule has 0 aliphatic heterocycles. The lowest BCUT2D eigenvalue weighted by molar-refractivity contribution is -0.123. The smallest absolute Gasteiger partial charge is 0.387 e. The van der Waals surface area contributed by atoms with Gasteiger partial charge >= 0.3 is 12.6 Å². The Morgan fingerprint density at radius 3 is 2.50 bits per heavy atom. The first-order valence-electron chi connectivity index (χ1n) is 7.63. The third-order valence-corrected chi connectivity index (χ3v) is 3.39. The highest BCUT2D eigenvalue weighted by Crippen LogP contribution is 2.26. The molecule has 0 saturated carbocycles. The van der Waals surface area contributed by atoms with Crippen LogP contribution in [-0.4, -0.2) is 29.7 Å². The number of aromatic hydroxyl groups is 1. The average Bonchev–Trinajstić information content (AvgIpc) is 2.55. The van der Waals surface area contributed by atoms with Crippen LogP contribution in [0.25, 0.3) is 0 Å². The van der Waals surface area contributed by atoms with Gasteiger partial charge in [-0.2, -0.15) is 8.78 Å². The van der Waals surface area contributed by atoms with E-state index in [2.05, 4.69) is 10.1 Å². The first-order valence-corrected chi connectivity index (χ1v) is 7.63. The van der Waals surface area contributed by atoms with E-state index in [4.69, 9.17) is 4.74 Å². The predicted octanol–water partition coefficient (Wildman–Crippen LogP) is 3.49. The van der Waals surface area contributed by atoms with Crippen LogP contribution in [-0.2, 0) is 9.53 Å². The summed E-state index contributed by atoms with van der Waals surface area (Å²) in [6, 6.07) is 10.0. The Labute approximate surface area is 148 Å². The summed E-state index contributed by atoms with van der Waals surface area (Å²) in [5, 5.41) is 12.1. The van der Waals surface area contributed by atoms with Crippen LogP contribution < -0.4 is 10.1 Å². The summed E-state index contributed by atoms with van der Waals surface area (Å²) >= 11 is 0. The molecular formula is C18H17F2NO5. The summed E-state index contributed by atoms with van der Waals surface area (Å²) in [7, 11) is 0. The maximum absolute atomic E-state index is 12.4. The van der Waals surface area contributed by atoms with Crippen molar-refractivity contribution < 1.29 is 33.0 Å². The number of benzene rings is 2. The lowest BCUT2D eigenvalue weighted by Gasteiger charge is -2.16. The van der Waals surface area contributed by atoms with Crippen molar-refractivity contribution >= 4 is 17.6 Å². The van der Waals surface area contributed by atoms with E-state index >= 15 is 0 Å². The second kappa shape index (κ2) is 8.28. The molecule has 1 atom stereocenters. The van der Waals surface area contributed by atoms with Crippen LogP contribution in [0.15, 0.2) is 42.5 Å². The van der Waals surface area contributed by atoms with E-state index < -0.39 is 24.6 Å². The highest BCUT2D eigenvalue weighted by molar-refractivity contribution is 5.99. The summed E-state index contributed by atoms with van der Waals surface area (Å²) in [6.45, 7) is 0.00612. The topological polar surface area (TPSA) is 84.9 Å². The van der Waals surface area contributed by atoms with E-state index in [1.54, 1.807) is 13.0 Å². The minimum absolute atomic E-state index is 0.0129. The van der Waals surface area contributed by atoms with E-state index in [1.165, 1.54) is 43.3 Å².